The van der Waals surface area contributed by atoms with Crippen molar-refractivity contribution >= 4 is 5.82 Å². The number of aliphatic hydroxyl groups is 1. The number of aryl methyl sites for hydroxylation is 1. The summed E-state index contributed by atoms with van der Waals surface area (Å²) in [5.41, 5.74) is 4.45. The van der Waals surface area contributed by atoms with Crippen LogP contribution in [0.2, 0.25) is 0 Å². The van der Waals surface area contributed by atoms with E-state index in [-0.39, 0.29) is 6.04 Å². The van der Waals surface area contributed by atoms with Gasteiger partial charge in [0.2, 0.25) is 0 Å². The predicted molar refractivity (Wildman–Crippen MR) is 85.9 cm³/mol. The van der Waals surface area contributed by atoms with Gasteiger partial charge in [0, 0.05) is 18.5 Å². The van der Waals surface area contributed by atoms with Crippen LogP contribution in [0.15, 0.2) is 30.5 Å². The van der Waals surface area contributed by atoms with Crippen molar-refractivity contribution in [1.29, 1.82) is 0 Å². The molecule has 0 bridgehead atoms. The first-order valence-corrected chi connectivity index (χ1v) is 8.14. The van der Waals surface area contributed by atoms with Crippen molar-refractivity contribution in [1.82, 2.24) is 9.97 Å². The first-order valence-electron chi connectivity index (χ1n) is 8.14. The zero-order chi connectivity index (χ0) is 15.1. The highest BCUT2D eigenvalue weighted by atomic mass is 16.3. The molecule has 2 aliphatic carbocycles. The minimum Gasteiger partial charge on any atom is -0.390 e. The summed E-state index contributed by atoms with van der Waals surface area (Å²) < 4.78 is 0. The summed E-state index contributed by atoms with van der Waals surface area (Å²) >= 11 is 0. The monoisotopic (exact) mass is 295 g/mol. The average Bonchev–Trinajstić information content (AvgIpc) is 3.33. The molecule has 1 aromatic heterocycles. The molecule has 1 aromatic carbocycles. The Morgan fingerprint density at radius 1 is 1.27 bits per heavy atom. The molecule has 4 nitrogen and oxygen atoms in total. The standard InChI is InChI=1S/C18H21N3O/c1-2-14-18(20-15(10-19-14)11-7-8-11)21-17-13-6-4-3-5-12(13)9-16(17)22/h3-6,10-11,16-17,22H,2,7-9H2,1H3,(H,20,21)/t16-,17?/m0/s1. The Morgan fingerprint density at radius 2 is 2.09 bits per heavy atom. The number of rotatable bonds is 4. The van der Waals surface area contributed by atoms with Crippen molar-refractivity contribution in [3.8, 4) is 0 Å². The Labute approximate surface area is 130 Å². The van der Waals surface area contributed by atoms with E-state index in [1.807, 2.05) is 18.3 Å². The zero-order valence-electron chi connectivity index (χ0n) is 12.8. The first kappa shape index (κ1) is 13.7. The van der Waals surface area contributed by atoms with E-state index in [0.29, 0.717) is 12.3 Å². The molecule has 4 heteroatoms. The fourth-order valence-corrected chi connectivity index (χ4v) is 3.27. The highest BCUT2D eigenvalue weighted by Gasteiger charge is 2.32. The van der Waals surface area contributed by atoms with Gasteiger partial charge in [-0.25, -0.2) is 4.98 Å². The molecule has 1 saturated carbocycles. The maximum Gasteiger partial charge on any atom is 0.148 e. The zero-order valence-corrected chi connectivity index (χ0v) is 12.8. The molecule has 0 radical (unpaired) electrons. The summed E-state index contributed by atoms with van der Waals surface area (Å²) in [6.45, 7) is 2.09. The number of aliphatic hydroxyl groups excluding tert-OH is 1. The lowest BCUT2D eigenvalue weighted by Gasteiger charge is -2.20. The number of benzene rings is 1. The van der Waals surface area contributed by atoms with Crippen LogP contribution < -0.4 is 5.32 Å². The molecule has 0 saturated heterocycles. The van der Waals surface area contributed by atoms with Gasteiger partial charge in [-0.05, 0) is 30.4 Å². The SMILES string of the molecule is CCc1ncc(C2CC2)nc1NC1c2ccccc2C[C@@H]1O. The van der Waals surface area contributed by atoms with Crippen LogP contribution in [0.25, 0.3) is 0 Å². The van der Waals surface area contributed by atoms with Gasteiger partial charge in [0.05, 0.1) is 23.5 Å². The quantitative estimate of drug-likeness (QED) is 0.910. The number of fused-ring (bicyclic) bond motifs is 1. The second-order valence-corrected chi connectivity index (χ2v) is 6.31. The Morgan fingerprint density at radius 3 is 2.86 bits per heavy atom. The summed E-state index contributed by atoms with van der Waals surface area (Å²) in [6, 6.07) is 8.14. The topological polar surface area (TPSA) is 58.0 Å². The Bertz CT molecular complexity index is 696. The van der Waals surface area contributed by atoms with Gasteiger partial charge in [-0.15, -0.1) is 0 Å². The van der Waals surface area contributed by atoms with Gasteiger partial charge >= 0.3 is 0 Å². The molecule has 1 unspecified atom stereocenters. The van der Waals surface area contributed by atoms with Crippen molar-refractivity contribution in [3.63, 3.8) is 0 Å². The van der Waals surface area contributed by atoms with Crippen LogP contribution in [0.1, 0.15) is 54.2 Å². The van der Waals surface area contributed by atoms with Gasteiger partial charge in [-0.2, -0.15) is 0 Å². The van der Waals surface area contributed by atoms with Crippen LogP contribution in [-0.4, -0.2) is 21.2 Å². The van der Waals surface area contributed by atoms with Gasteiger partial charge in [-0.3, -0.25) is 4.98 Å². The molecule has 0 aliphatic heterocycles. The molecular formula is C18H21N3O. The minimum absolute atomic E-state index is 0.0924. The Balaban J connectivity index is 1.66. The smallest absolute Gasteiger partial charge is 0.148 e. The number of hydrogen-bond donors (Lipinski definition) is 2. The van der Waals surface area contributed by atoms with E-state index in [1.54, 1.807) is 0 Å². The highest BCUT2D eigenvalue weighted by Crippen LogP contribution is 2.40. The normalized spacial score (nSPS) is 23.4. The molecule has 2 atom stereocenters. The molecular weight excluding hydrogens is 274 g/mol. The fraction of sp³-hybridized carbons (Fsp3) is 0.444. The lowest BCUT2D eigenvalue weighted by molar-refractivity contribution is 0.165. The summed E-state index contributed by atoms with van der Waals surface area (Å²) in [4.78, 5) is 9.37. The van der Waals surface area contributed by atoms with E-state index in [9.17, 15) is 5.11 Å². The molecule has 2 aromatic rings. The number of anilines is 1. The molecule has 4 rings (SSSR count). The lowest BCUT2D eigenvalue weighted by atomic mass is 10.1. The van der Waals surface area contributed by atoms with Crippen LogP contribution in [0.4, 0.5) is 5.82 Å². The summed E-state index contributed by atoms with van der Waals surface area (Å²) in [7, 11) is 0. The summed E-state index contributed by atoms with van der Waals surface area (Å²) in [5.74, 6) is 1.42. The second-order valence-electron chi connectivity index (χ2n) is 6.31. The van der Waals surface area contributed by atoms with Crippen molar-refractivity contribution in [2.45, 2.75) is 50.7 Å². The molecule has 0 amide bonds. The van der Waals surface area contributed by atoms with E-state index < -0.39 is 6.10 Å². The fourth-order valence-electron chi connectivity index (χ4n) is 3.27. The predicted octanol–water partition coefficient (Wildman–Crippen LogP) is 2.99. The summed E-state index contributed by atoms with van der Waals surface area (Å²) in [6.07, 6.45) is 5.48. The second kappa shape index (κ2) is 5.36. The van der Waals surface area contributed by atoms with E-state index in [4.69, 9.17) is 4.98 Å². The number of nitrogens with one attached hydrogen (secondary N) is 1. The molecule has 0 spiro atoms. The molecule has 114 valence electrons. The van der Waals surface area contributed by atoms with Crippen LogP contribution in [0.5, 0.6) is 0 Å². The van der Waals surface area contributed by atoms with E-state index in [2.05, 4.69) is 29.4 Å². The minimum atomic E-state index is -0.409. The van der Waals surface area contributed by atoms with Crippen molar-refractivity contribution in [2.75, 3.05) is 5.32 Å². The maximum atomic E-state index is 10.4. The van der Waals surface area contributed by atoms with Gasteiger partial charge in [0.25, 0.3) is 0 Å². The molecule has 1 heterocycles. The first-order chi connectivity index (χ1) is 10.8. The third kappa shape index (κ3) is 2.37. The third-order valence-electron chi connectivity index (χ3n) is 4.69. The number of nitrogens with zero attached hydrogens (tertiary/aromatic N) is 2. The van der Waals surface area contributed by atoms with E-state index >= 15 is 0 Å². The van der Waals surface area contributed by atoms with Crippen molar-refractivity contribution in [2.24, 2.45) is 0 Å². The molecule has 22 heavy (non-hydrogen) atoms. The largest absolute Gasteiger partial charge is 0.390 e. The Kier molecular flexibility index (Phi) is 3.34. The summed E-state index contributed by atoms with van der Waals surface area (Å²) in [5, 5.41) is 13.9. The van der Waals surface area contributed by atoms with Crippen LogP contribution in [-0.2, 0) is 12.8 Å². The van der Waals surface area contributed by atoms with Gasteiger partial charge < -0.3 is 10.4 Å². The van der Waals surface area contributed by atoms with Crippen LogP contribution >= 0.6 is 0 Å². The van der Waals surface area contributed by atoms with Crippen molar-refractivity contribution < 1.29 is 5.11 Å². The van der Waals surface area contributed by atoms with Gasteiger partial charge in [-0.1, -0.05) is 31.2 Å². The average molecular weight is 295 g/mol. The van der Waals surface area contributed by atoms with Crippen molar-refractivity contribution in [3.05, 3.63) is 53.0 Å². The highest BCUT2D eigenvalue weighted by molar-refractivity contribution is 5.48. The maximum absolute atomic E-state index is 10.4. The van der Waals surface area contributed by atoms with E-state index in [1.165, 1.54) is 24.0 Å². The Hall–Kier alpha value is -1.94. The number of hydrogen-bond acceptors (Lipinski definition) is 4. The van der Waals surface area contributed by atoms with E-state index in [0.717, 1.165) is 23.6 Å². The lowest BCUT2D eigenvalue weighted by Crippen LogP contribution is -2.23. The molecule has 2 aliphatic rings. The van der Waals surface area contributed by atoms with Crippen LogP contribution in [0.3, 0.4) is 0 Å². The van der Waals surface area contributed by atoms with Gasteiger partial charge in [0.1, 0.15) is 5.82 Å². The van der Waals surface area contributed by atoms with Gasteiger partial charge in [0.15, 0.2) is 0 Å². The molecule has 1 fully saturated rings. The third-order valence-corrected chi connectivity index (χ3v) is 4.69. The van der Waals surface area contributed by atoms with Crippen LogP contribution in [0, 0.1) is 0 Å². The molecule has 2 N–H and O–H groups in total. The number of aromatic nitrogens is 2.